The van der Waals surface area contributed by atoms with Gasteiger partial charge < -0.3 is 5.32 Å². The number of hydrogen-bond donors (Lipinski definition) is 1. The molecule has 4 rings (SSSR count). The maximum Gasteiger partial charge on any atom is 0.272 e. The maximum atomic E-state index is 13.1. The Bertz CT molecular complexity index is 1050. The first kappa shape index (κ1) is 19.5. The number of carbonyl (C=O) groups is 1. The fourth-order valence-electron chi connectivity index (χ4n) is 3.95. The molecule has 7 heteroatoms. The van der Waals surface area contributed by atoms with Gasteiger partial charge in [0.2, 0.25) is 5.91 Å². The van der Waals surface area contributed by atoms with Crippen LogP contribution in [0, 0.1) is 0 Å². The van der Waals surface area contributed by atoms with Crippen LogP contribution in [0.3, 0.4) is 0 Å². The van der Waals surface area contributed by atoms with Crippen molar-refractivity contribution in [1.29, 1.82) is 0 Å². The van der Waals surface area contributed by atoms with Gasteiger partial charge in [0, 0.05) is 29.1 Å². The quantitative estimate of drug-likeness (QED) is 0.473. The first-order valence-electron chi connectivity index (χ1n) is 9.93. The van der Waals surface area contributed by atoms with Crippen molar-refractivity contribution in [2.24, 2.45) is 0 Å². The number of benzene rings is 1. The third kappa shape index (κ3) is 3.96. The minimum Gasteiger partial charge on any atom is -0.353 e. The molecule has 1 N–H and O–H groups in total. The molecule has 1 aromatic carbocycles. The Hall–Kier alpha value is -1.86. The zero-order chi connectivity index (χ0) is 19.5. The summed E-state index contributed by atoms with van der Waals surface area (Å²) in [7, 11) is 0. The molecule has 2 aromatic heterocycles. The molecule has 1 saturated carbocycles. The number of nitrogens with one attached hydrogen (secondary N) is 1. The molecule has 5 nitrogen and oxygen atoms in total. The average molecular weight is 416 g/mol. The van der Waals surface area contributed by atoms with Crippen LogP contribution in [0.15, 0.2) is 34.2 Å². The van der Waals surface area contributed by atoms with Gasteiger partial charge in [-0.05, 0) is 31.6 Å². The molecule has 3 aromatic rings. The SMILES string of the molecule is CSc1nc2c(sc3ccccc32)c(=O)n1CCCC(=O)NC1CCCCC1. The van der Waals surface area contributed by atoms with E-state index in [1.807, 2.05) is 30.5 Å². The molecular weight excluding hydrogens is 390 g/mol. The summed E-state index contributed by atoms with van der Waals surface area (Å²) in [4.78, 5) is 30.1. The molecule has 0 unspecified atom stereocenters. The normalized spacial score (nSPS) is 15.3. The van der Waals surface area contributed by atoms with Crippen molar-refractivity contribution >= 4 is 49.3 Å². The molecule has 2 heterocycles. The van der Waals surface area contributed by atoms with Gasteiger partial charge in [0.15, 0.2) is 5.16 Å². The second-order valence-electron chi connectivity index (χ2n) is 7.34. The number of fused-ring (bicyclic) bond motifs is 3. The average Bonchev–Trinajstić information content (AvgIpc) is 3.09. The lowest BCUT2D eigenvalue weighted by Crippen LogP contribution is -2.36. The van der Waals surface area contributed by atoms with E-state index in [0.717, 1.165) is 28.4 Å². The molecule has 1 fully saturated rings. The molecular formula is C21H25N3O2S2. The van der Waals surface area contributed by atoms with Crippen molar-refractivity contribution in [2.75, 3.05) is 6.26 Å². The number of thioether (sulfide) groups is 1. The molecule has 28 heavy (non-hydrogen) atoms. The third-order valence-electron chi connectivity index (χ3n) is 5.39. The summed E-state index contributed by atoms with van der Waals surface area (Å²) in [5.74, 6) is 0.0987. The molecule has 0 atom stereocenters. The highest BCUT2D eigenvalue weighted by molar-refractivity contribution is 7.98. The predicted octanol–water partition coefficient (Wildman–Crippen LogP) is 4.56. The zero-order valence-electron chi connectivity index (χ0n) is 16.1. The van der Waals surface area contributed by atoms with Crippen molar-refractivity contribution in [3.8, 4) is 0 Å². The van der Waals surface area contributed by atoms with Gasteiger partial charge in [-0.15, -0.1) is 11.3 Å². The van der Waals surface area contributed by atoms with E-state index in [9.17, 15) is 9.59 Å². The molecule has 1 aliphatic rings. The van der Waals surface area contributed by atoms with Gasteiger partial charge in [-0.1, -0.05) is 49.2 Å². The van der Waals surface area contributed by atoms with E-state index in [1.54, 1.807) is 4.57 Å². The van der Waals surface area contributed by atoms with Crippen LogP contribution in [0.25, 0.3) is 20.3 Å². The number of rotatable bonds is 6. The van der Waals surface area contributed by atoms with Gasteiger partial charge in [-0.25, -0.2) is 4.98 Å². The van der Waals surface area contributed by atoms with Crippen molar-refractivity contribution in [2.45, 2.75) is 62.7 Å². The molecule has 0 bridgehead atoms. The standard InChI is InChI=1S/C21H25N3O2S2/c1-27-21-23-18-15-10-5-6-11-16(15)28-19(18)20(26)24(21)13-7-12-17(25)22-14-8-3-2-4-9-14/h5-6,10-11,14H,2-4,7-9,12-13H2,1H3,(H,22,25). The maximum absolute atomic E-state index is 13.1. The van der Waals surface area contributed by atoms with E-state index >= 15 is 0 Å². The first-order valence-corrected chi connectivity index (χ1v) is 12.0. The number of hydrogen-bond acceptors (Lipinski definition) is 5. The molecule has 1 amide bonds. The lowest BCUT2D eigenvalue weighted by Gasteiger charge is -2.22. The van der Waals surface area contributed by atoms with Gasteiger partial charge in [0.25, 0.3) is 5.56 Å². The summed E-state index contributed by atoms with van der Waals surface area (Å²) in [6.07, 6.45) is 8.90. The molecule has 0 saturated heterocycles. The Morgan fingerprint density at radius 2 is 2.07 bits per heavy atom. The number of aromatic nitrogens is 2. The third-order valence-corrected chi connectivity index (χ3v) is 7.21. The zero-order valence-corrected chi connectivity index (χ0v) is 17.7. The lowest BCUT2D eigenvalue weighted by atomic mass is 9.95. The highest BCUT2D eigenvalue weighted by atomic mass is 32.2. The fourth-order valence-corrected chi connectivity index (χ4v) is 5.62. The number of thiophene rings is 1. The van der Waals surface area contributed by atoms with Crippen LogP contribution in [-0.4, -0.2) is 27.8 Å². The van der Waals surface area contributed by atoms with Gasteiger partial charge >= 0.3 is 0 Å². The topological polar surface area (TPSA) is 64.0 Å². The van der Waals surface area contributed by atoms with E-state index in [0.29, 0.717) is 35.3 Å². The summed E-state index contributed by atoms with van der Waals surface area (Å²) in [5, 5.41) is 4.90. The smallest absolute Gasteiger partial charge is 0.272 e. The Morgan fingerprint density at radius 3 is 2.86 bits per heavy atom. The first-order chi connectivity index (χ1) is 13.7. The van der Waals surface area contributed by atoms with Crippen LogP contribution in [0.2, 0.25) is 0 Å². The summed E-state index contributed by atoms with van der Waals surface area (Å²) in [6, 6.07) is 8.34. The molecule has 1 aliphatic carbocycles. The van der Waals surface area contributed by atoms with Gasteiger partial charge in [0.1, 0.15) is 4.70 Å². The van der Waals surface area contributed by atoms with Crippen molar-refractivity contribution in [3.05, 3.63) is 34.6 Å². The largest absolute Gasteiger partial charge is 0.353 e. The van der Waals surface area contributed by atoms with Crippen LogP contribution < -0.4 is 10.9 Å². The lowest BCUT2D eigenvalue weighted by molar-refractivity contribution is -0.122. The summed E-state index contributed by atoms with van der Waals surface area (Å²) in [6.45, 7) is 0.518. The molecule has 0 spiro atoms. The van der Waals surface area contributed by atoms with Crippen molar-refractivity contribution in [3.63, 3.8) is 0 Å². The van der Waals surface area contributed by atoms with Crippen LogP contribution in [-0.2, 0) is 11.3 Å². The Labute approximate surface area is 172 Å². The highest BCUT2D eigenvalue weighted by Crippen LogP contribution is 2.31. The number of amides is 1. The molecule has 0 radical (unpaired) electrons. The van der Waals surface area contributed by atoms with E-state index in [2.05, 4.69) is 5.32 Å². The Balaban J connectivity index is 1.50. The van der Waals surface area contributed by atoms with Gasteiger partial charge in [-0.3, -0.25) is 14.2 Å². The van der Waals surface area contributed by atoms with Crippen LogP contribution in [0.1, 0.15) is 44.9 Å². The monoisotopic (exact) mass is 415 g/mol. The summed E-state index contributed by atoms with van der Waals surface area (Å²) in [5.41, 5.74) is 0.796. The minimum absolute atomic E-state index is 0.00300. The van der Waals surface area contributed by atoms with Crippen LogP contribution in [0.4, 0.5) is 0 Å². The minimum atomic E-state index is 0.00300. The van der Waals surface area contributed by atoms with E-state index in [1.165, 1.54) is 42.4 Å². The summed E-state index contributed by atoms with van der Waals surface area (Å²) < 4.78 is 3.51. The Kier molecular flexibility index (Phi) is 6.01. The fraction of sp³-hybridized carbons (Fsp3) is 0.476. The number of nitrogens with zero attached hydrogens (tertiary/aromatic N) is 2. The van der Waals surface area contributed by atoms with Gasteiger partial charge in [-0.2, -0.15) is 0 Å². The summed E-state index contributed by atoms with van der Waals surface area (Å²) >= 11 is 2.98. The van der Waals surface area contributed by atoms with Crippen molar-refractivity contribution in [1.82, 2.24) is 14.9 Å². The molecule has 0 aliphatic heterocycles. The van der Waals surface area contributed by atoms with E-state index in [-0.39, 0.29) is 11.5 Å². The van der Waals surface area contributed by atoms with Crippen molar-refractivity contribution < 1.29 is 4.79 Å². The van der Waals surface area contributed by atoms with Crippen LogP contribution in [0.5, 0.6) is 0 Å². The van der Waals surface area contributed by atoms with Gasteiger partial charge in [0.05, 0.1) is 5.52 Å². The highest BCUT2D eigenvalue weighted by Gasteiger charge is 2.17. The second kappa shape index (κ2) is 8.66. The van der Waals surface area contributed by atoms with E-state index < -0.39 is 0 Å². The molecule has 148 valence electrons. The van der Waals surface area contributed by atoms with Crippen LogP contribution >= 0.6 is 23.1 Å². The second-order valence-corrected chi connectivity index (χ2v) is 9.16. The Morgan fingerprint density at radius 1 is 1.29 bits per heavy atom. The predicted molar refractivity (Wildman–Crippen MR) is 117 cm³/mol. The number of carbonyl (C=O) groups excluding carboxylic acids is 1. The van der Waals surface area contributed by atoms with E-state index in [4.69, 9.17) is 4.98 Å².